The quantitative estimate of drug-likeness (QED) is 0.539. The van der Waals surface area contributed by atoms with Crippen LogP contribution in [-0.4, -0.2) is 18.0 Å². The first-order valence-corrected chi connectivity index (χ1v) is 5.11. The van der Waals surface area contributed by atoms with Crippen LogP contribution in [0, 0.1) is 11.3 Å². The highest BCUT2D eigenvalue weighted by Gasteiger charge is 2.02. The third kappa shape index (κ3) is 4.44. The monoisotopic (exact) mass is 200 g/mol. The van der Waals surface area contributed by atoms with E-state index >= 15 is 0 Å². The fourth-order valence-electron chi connectivity index (χ4n) is 1.38. The second-order valence-corrected chi connectivity index (χ2v) is 3.38. The van der Waals surface area contributed by atoms with Crippen LogP contribution in [0.5, 0.6) is 0 Å². The molecule has 2 nitrogen and oxygen atoms in total. The maximum absolute atomic E-state index is 8.70. The van der Waals surface area contributed by atoms with Gasteiger partial charge in [0.1, 0.15) is 0 Å². The average molecular weight is 200 g/mol. The molecule has 1 rings (SSSR count). The third-order valence-electron chi connectivity index (χ3n) is 2.14. The van der Waals surface area contributed by atoms with Crippen molar-refractivity contribution < 1.29 is 0 Å². The fraction of sp³-hybridized carbons (Fsp3) is 0.308. The van der Waals surface area contributed by atoms with E-state index in [1.54, 1.807) is 0 Å². The van der Waals surface area contributed by atoms with Crippen LogP contribution in [0.15, 0.2) is 42.5 Å². The van der Waals surface area contributed by atoms with Crippen LogP contribution in [-0.2, 0) is 6.54 Å². The van der Waals surface area contributed by atoms with Gasteiger partial charge >= 0.3 is 0 Å². The molecule has 0 aliphatic carbocycles. The van der Waals surface area contributed by atoms with Crippen LogP contribution >= 0.6 is 0 Å². The summed E-state index contributed by atoms with van der Waals surface area (Å²) >= 11 is 0. The number of hydrogen-bond acceptors (Lipinski definition) is 2. The summed E-state index contributed by atoms with van der Waals surface area (Å²) in [7, 11) is 0. The van der Waals surface area contributed by atoms with Gasteiger partial charge in [0, 0.05) is 13.1 Å². The van der Waals surface area contributed by atoms with Gasteiger partial charge in [0.05, 0.1) is 12.6 Å². The second kappa shape index (κ2) is 6.80. The maximum Gasteiger partial charge on any atom is 0.0871 e. The number of nitriles is 1. The van der Waals surface area contributed by atoms with E-state index in [1.165, 1.54) is 5.56 Å². The predicted octanol–water partition coefficient (Wildman–Crippen LogP) is 2.59. The van der Waals surface area contributed by atoms with Crippen LogP contribution in [0.4, 0.5) is 0 Å². The zero-order valence-electron chi connectivity index (χ0n) is 9.06. The number of benzene rings is 1. The Kier molecular flexibility index (Phi) is 5.21. The molecule has 2 heteroatoms. The minimum Gasteiger partial charge on any atom is -0.283 e. The lowest BCUT2D eigenvalue weighted by molar-refractivity contribution is 0.331. The Balaban J connectivity index is 2.55. The van der Waals surface area contributed by atoms with Gasteiger partial charge in [-0.3, -0.25) is 4.90 Å². The number of allylic oxidation sites excluding steroid dienone is 1. The molecule has 1 aromatic carbocycles. The molecular formula is C13H16N2. The molecule has 0 aliphatic rings. The van der Waals surface area contributed by atoms with Crippen molar-refractivity contribution in [3.63, 3.8) is 0 Å². The lowest BCUT2D eigenvalue weighted by atomic mass is 10.2. The van der Waals surface area contributed by atoms with E-state index in [0.29, 0.717) is 6.54 Å². The summed E-state index contributed by atoms with van der Waals surface area (Å²) in [4.78, 5) is 2.11. The molecule has 0 aromatic heterocycles. The van der Waals surface area contributed by atoms with Crippen molar-refractivity contribution in [3.8, 4) is 6.07 Å². The largest absolute Gasteiger partial charge is 0.283 e. The van der Waals surface area contributed by atoms with Crippen molar-refractivity contribution in [2.24, 2.45) is 0 Å². The summed E-state index contributed by atoms with van der Waals surface area (Å²) in [5, 5.41) is 8.70. The van der Waals surface area contributed by atoms with Crippen LogP contribution in [0.3, 0.4) is 0 Å². The summed E-state index contributed by atoms with van der Waals surface area (Å²) in [5.74, 6) is 0. The fourth-order valence-corrected chi connectivity index (χ4v) is 1.38. The van der Waals surface area contributed by atoms with Crippen LogP contribution in [0.2, 0.25) is 0 Å². The summed E-state index contributed by atoms with van der Waals surface area (Å²) < 4.78 is 0. The Morgan fingerprint density at radius 1 is 1.33 bits per heavy atom. The molecule has 0 fully saturated rings. The maximum atomic E-state index is 8.70. The van der Waals surface area contributed by atoms with Crippen molar-refractivity contribution in [1.82, 2.24) is 4.90 Å². The molecule has 0 bridgehead atoms. The zero-order chi connectivity index (χ0) is 10.9. The van der Waals surface area contributed by atoms with Crippen molar-refractivity contribution in [2.75, 3.05) is 13.1 Å². The van der Waals surface area contributed by atoms with Crippen molar-refractivity contribution >= 4 is 0 Å². The Morgan fingerprint density at radius 3 is 2.67 bits per heavy atom. The smallest absolute Gasteiger partial charge is 0.0871 e. The Hall–Kier alpha value is -1.59. The Morgan fingerprint density at radius 2 is 2.07 bits per heavy atom. The van der Waals surface area contributed by atoms with Crippen molar-refractivity contribution in [1.29, 1.82) is 5.26 Å². The van der Waals surface area contributed by atoms with E-state index in [-0.39, 0.29) is 0 Å². The van der Waals surface area contributed by atoms with Gasteiger partial charge in [-0.15, -0.1) is 0 Å². The van der Waals surface area contributed by atoms with Crippen LogP contribution < -0.4 is 0 Å². The first-order valence-electron chi connectivity index (χ1n) is 5.11. The molecule has 0 atom stereocenters. The van der Waals surface area contributed by atoms with E-state index in [2.05, 4.69) is 29.2 Å². The summed E-state index contributed by atoms with van der Waals surface area (Å²) in [6.07, 6.45) is 4.08. The first-order chi connectivity index (χ1) is 7.36. The molecular weight excluding hydrogens is 184 g/mol. The molecule has 0 heterocycles. The molecule has 15 heavy (non-hydrogen) atoms. The molecule has 1 aromatic rings. The van der Waals surface area contributed by atoms with Gasteiger partial charge in [-0.05, 0) is 12.5 Å². The lowest BCUT2D eigenvalue weighted by Crippen LogP contribution is -2.23. The molecule has 0 unspecified atom stereocenters. The summed E-state index contributed by atoms with van der Waals surface area (Å²) in [5.41, 5.74) is 1.25. The van der Waals surface area contributed by atoms with Gasteiger partial charge in [-0.2, -0.15) is 5.26 Å². The normalized spacial score (nSPS) is 10.7. The third-order valence-corrected chi connectivity index (χ3v) is 2.14. The molecule has 0 radical (unpaired) electrons. The molecule has 0 N–H and O–H groups in total. The minimum atomic E-state index is 0.471. The van der Waals surface area contributed by atoms with Gasteiger partial charge < -0.3 is 0 Å². The average Bonchev–Trinajstić information content (AvgIpc) is 2.28. The van der Waals surface area contributed by atoms with Crippen molar-refractivity contribution in [3.05, 3.63) is 48.0 Å². The highest BCUT2D eigenvalue weighted by Crippen LogP contribution is 2.03. The van der Waals surface area contributed by atoms with Gasteiger partial charge in [-0.25, -0.2) is 0 Å². The van der Waals surface area contributed by atoms with E-state index in [1.807, 2.05) is 31.2 Å². The molecule has 0 amide bonds. The number of rotatable bonds is 5. The predicted molar refractivity (Wildman–Crippen MR) is 62.1 cm³/mol. The standard InChI is InChI=1S/C13H16N2/c1-2-3-10-15(11-9-14)12-13-7-5-4-6-8-13/h2-8H,10-12H2,1H3/b3-2-. The first kappa shape index (κ1) is 11.5. The van der Waals surface area contributed by atoms with E-state index in [0.717, 1.165) is 13.1 Å². The summed E-state index contributed by atoms with van der Waals surface area (Å²) in [6.45, 7) is 4.13. The van der Waals surface area contributed by atoms with Gasteiger partial charge in [0.2, 0.25) is 0 Å². The van der Waals surface area contributed by atoms with Crippen LogP contribution in [0.1, 0.15) is 12.5 Å². The number of nitrogens with zero attached hydrogens (tertiary/aromatic N) is 2. The number of hydrogen-bond donors (Lipinski definition) is 0. The molecule has 0 saturated carbocycles. The summed E-state index contributed by atoms with van der Waals surface area (Å²) in [6, 6.07) is 12.4. The highest BCUT2D eigenvalue weighted by atomic mass is 15.1. The van der Waals surface area contributed by atoms with E-state index in [9.17, 15) is 0 Å². The molecule has 0 saturated heterocycles. The lowest BCUT2D eigenvalue weighted by Gasteiger charge is -2.16. The van der Waals surface area contributed by atoms with Crippen LogP contribution in [0.25, 0.3) is 0 Å². The zero-order valence-corrected chi connectivity index (χ0v) is 9.06. The Bertz CT molecular complexity index is 335. The minimum absolute atomic E-state index is 0.471. The highest BCUT2D eigenvalue weighted by molar-refractivity contribution is 5.14. The topological polar surface area (TPSA) is 27.0 Å². The second-order valence-electron chi connectivity index (χ2n) is 3.38. The van der Waals surface area contributed by atoms with Crippen molar-refractivity contribution in [2.45, 2.75) is 13.5 Å². The molecule has 0 spiro atoms. The molecule has 78 valence electrons. The molecule has 0 aliphatic heterocycles. The van der Waals surface area contributed by atoms with Gasteiger partial charge in [-0.1, -0.05) is 42.5 Å². The SMILES string of the molecule is C/C=C\CN(CC#N)Cc1ccccc1. The van der Waals surface area contributed by atoms with Gasteiger partial charge in [0.15, 0.2) is 0 Å². The van der Waals surface area contributed by atoms with E-state index in [4.69, 9.17) is 5.26 Å². The van der Waals surface area contributed by atoms with E-state index < -0.39 is 0 Å². The Labute approximate surface area is 91.4 Å². The van der Waals surface area contributed by atoms with Gasteiger partial charge in [0.25, 0.3) is 0 Å².